The van der Waals surface area contributed by atoms with Crippen molar-refractivity contribution < 1.29 is 8.78 Å². The Kier molecular flexibility index (Phi) is 5.63. The first-order valence-electron chi connectivity index (χ1n) is 9.84. The van der Waals surface area contributed by atoms with E-state index in [9.17, 15) is 0 Å². The maximum atomic E-state index is 16.3. The lowest BCUT2D eigenvalue weighted by Gasteiger charge is -2.45. The van der Waals surface area contributed by atoms with E-state index < -0.39 is 16.8 Å². The fourth-order valence-electron chi connectivity index (χ4n) is 4.41. The first kappa shape index (κ1) is 21.6. The topological polar surface area (TPSA) is 0 Å². The summed E-state index contributed by atoms with van der Waals surface area (Å²) in [5.41, 5.74) is 2.33. The van der Waals surface area contributed by atoms with Gasteiger partial charge in [0.2, 0.25) is 0 Å². The molecule has 0 aliphatic rings. The number of halogens is 2. The Morgan fingerprint density at radius 3 is 1.93 bits per heavy atom. The van der Waals surface area contributed by atoms with Crippen LogP contribution in [0.25, 0.3) is 11.1 Å². The predicted molar refractivity (Wildman–Crippen MR) is 113 cm³/mol. The lowest BCUT2D eigenvalue weighted by Crippen LogP contribution is -2.50. The van der Waals surface area contributed by atoms with Crippen molar-refractivity contribution in [1.29, 1.82) is 0 Å². The van der Waals surface area contributed by atoms with E-state index >= 15 is 8.78 Å². The van der Waals surface area contributed by atoms with Crippen LogP contribution in [0.5, 0.6) is 0 Å². The zero-order valence-corrected chi connectivity index (χ0v) is 18.3. The molecule has 0 saturated heterocycles. The van der Waals surface area contributed by atoms with E-state index in [1.54, 1.807) is 20.8 Å². The molecule has 0 amide bonds. The summed E-state index contributed by atoms with van der Waals surface area (Å²) in [6.07, 6.45) is 0.768. The van der Waals surface area contributed by atoms with Crippen molar-refractivity contribution in [2.24, 2.45) is 5.41 Å². The largest absolute Gasteiger partial charge is 0.241 e. The van der Waals surface area contributed by atoms with Crippen molar-refractivity contribution in [3.05, 3.63) is 58.1 Å². The van der Waals surface area contributed by atoms with Crippen LogP contribution in [0.15, 0.2) is 30.3 Å². The lowest BCUT2D eigenvalue weighted by atomic mass is 9.65. The van der Waals surface area contributed by atoms with Crippen LogP contribution in [-0.2, 0) is 12.1 Å². The molecule has 0 nitrogen and oxygen atoms in total. The van der Waals surface area contributed by atoms with Gasteiger partial charge in [-0.3, -0.25) is 0 Å². The second-order valence-corrected chi connectivity index (χ2v) is 9.31. The van der Waals surface area contributed by atoms with Crippen LogP contribution < -0.4 is 0 Å². The van der Waals surface area contributed by atoms with Crippen molar-refractivity contribution in [3.63, 3.8) is 0 Å². The van der Waals surface area contributed by atoms with Gasteiger partial charge in [0.1, 0.15) is 5.67 Å². The highest BCUT2D eigenvalue weighted by Gasteiger charge is 2.56. The number of benzene rings is 2. The van der Waals surface area contributed by atoms with E-state index in [1.807, 2.05) is 19.1 Å². The molecule has 0 heterocycles. The molecular formula is C25H34F2. The molecule has 2 aromatic carbocycles. The molecule has 2 heteroatoms. The van der Waals surface area contributed by atoms with Crippen molar-refractivity contribution in [3.8, 4) is 11.1 Å². The summed E-state index contributed by atoms with van der Waals surface area (Å²) in [6.45, 7) is 16.3. The average molecular weight is 373 g/mol. The van der Waals surface area contributed by atoms with Gasteiger partial charge in [0.15, 0.2) is 5.67 Å². The Bertz CT molecular complexity index is 819. The molecule has 0 fully saturated rings. The third-order valence-electron chi connectivity index (χ3n) is 5.92. The summed E-state index contributed by atoms with van der Waals surface area (Å²) in [6, 6.07) is 10.0. The van der Waals surface area contributed by atoms with E-state index in [1.165, 1.54) is 30.5 Å². The molecular weight excluding hydrogens is 338 g/mol. The first-order chi connectivity index (χ1) is 12.3. The third kappa shape index (κ3) is 3.56. The van der Waals surface area contributed by atoms with Gasteiger partial charge in [0.05, 0.1) is 0 Å². The van der Waals surface area contributed by atoms with Gasteiger partial charge in [0, 0.05) is 5.41 Å². The first-order valence-corrected chi connectivity index (χ1v) is 9.84. The van der Waals surface area contributed by atoms with E-state index in [0.717, 1.165) is 23.1 Å². The molecule has 148 valence electrons. The molecule has 0 radical (unpaired) electrons. The summed E-state index contributed by atoms with van der Waals surface area (Å²) in [5, 5.41) is 0. The minimum Gasteiger partial charge on any atom is -0.241 e. The highest BCUT2D eigenvalue weighted by Crippen LogP contribution is 2.53. The van der Waals surface area contributed by atoms with Gasteiger partial charge in [-0.1, -0.05) is 58.0 Å². The number of hydrogen-bond acceptors (Lipinski definition) is 0. The minimum absolute atomic E-state index is 0.436. The van der Waals surface area contributed by atoms with Gasteiger partial charge < -0.3 is 0 Å². The summed E-state index contributed by atoms with van der Waals surface area (Å²) >= 11 is 0. The molecule has 0 bridgehead atoms. The van der Waals surface area contributed by atoms with Crippen LogP contribution in [0, 0.1) is 26.2 Å². The Morgan fingerprint density at radius 1 is 0.852 bits per heavy atom. The maximum Gasteiger partial charge on any atom is 0.173 e. The second kappa shape index (κ2) is 7.04. The fraction of sp³-hybridized carbons (Fsp3) is 0.520. The SMILES string of the molecule is CCc1cc(C(F)(C(C)(C)C)C(C)(C)F)cc(C)c1-c1cccc(C)c1C. The highest BCUT2D eigenvalue weighted by molar-refractivity contribution is 5.75. The van der Waals surface area contributed by atoms with E-state index in [2.05, 4.69) is 39.0 Å². The Hall–Kier alpha value is -1.70. The van der Waals surface area contributed by atoms with Gasteiger partial charge in [-0.05, 0) is 80.0 Å². The minimum atomic E-state index is -2.09. The molecule has 0 spiro atoms. The van der Waals surface area contributed by atoms with Crippen LogP contribution in [-0.4, -0.2) is 5.67 Å². The number of hydrogen-bond donors (Lipinski definition) is 0. The molecule has 0 N–H and O–H groups in total. The fourth-order valence-corrected chi connectivity index (χ4v) is 4.41. The Balaban J connectivity index is 2.82. The van der Waals surface area contributed by atoms with Crippen LogP contribution in [0.3, 0.4) is 0 Å². The van der Waals surface area contributed by atoms with Gasteiger partial charge >= 0.3 is 0 Å². The van der Waals surface area contributed by atoms with E-state index in [-0.39, 0.29) is 0 Å². The highest BCUT2D eigenvalue weighted by atomic mass is 19.2. The number of aryl methyl sites for hydroxylation is 3. The molecule has 27 heavy (non-hydrogen) atoms. The van der Waals surface area contributed by atoms with Crippen LogP contribution >= 0.6 is 0 Å². The van der Waals surface area contributed by atoms with Crippen LogP contribution in [0.2, 0.25) is 0 Å². The molecule has 1 unspecified atom stereocenters. The molecule has 0 aliphatic carbocycles. The maximum absolute atomic E-state index is 16.3. The summed E-state index contributed by atoms with van der Waals surface area (Å²) in [5.74, 6) is 0. The molecule has 1 atom stereocenters. The van der Waals surface area contributed by atoms with Crippen molar-refractivity contribution in [1.82, 2.24) is 0 Å². The lowest BCUT2D eigenvalue weighted by molar-refractivity contribution is -0.0984. The Labute approximate surface area is 164 Å². The molecule has 2 rings (SSSR count). The van der Waals surface area contributed by atoms with Gasteiger partial charge in [-0.25, -0.2) is 8.78 Å². The zero-order valence-electron chi connectivity index (χ0n) is 18.3. The second-order valence-electron chi connectivity index (χ2n) is 9.31. The quantitative estimate of drug-likeness (QED) is 0.513. The molecule has 2 aromatic rings. The standard InChI is InChI=1S/C25H34F2/c1-10-19-15-20(25(27,23(5,6)7)24(8,9)26)14-17(3)22(19)21-13-11-12-16(2)18(21)4/h11-15H,10H2,1-9H3. The Morgan fingerprint density at radius 2 is 1.44 bits per heavy atom. The van der Waals surface area contributed by atoms with Gasteiger partial charge in [-0.2, -0.15) is 0 Å². The monoisotopic (exact) mass is 372 g/mol. The summed E-state index contributed by atoms with van der Waals surface area (Å²) in [7, 11) is 0. The number of rotatable bonds is 4. The molecule has 0 saturated carbocycles. The van der Waals surface area contributed by atoms with Crippen LogP contribution in [0.4, 0.5) is 8.78 Å². The van der Waals surface area contributed by atoms with Crippen molar-refractivity contribution in [2.45, 2.75) is 80.1 Å². The molecule has 0 aromatic heterocycles. The average Bonchev–Trinajstić information content (AvgIpc) is 2.54. The summed E-state index contributed by atoms with van der Waals surface area (Å²) in [4.78, 5) is 0. The smallest absolute Gasteiger partial charge is 0.173 e. The summed E-state index contributed by atoms with van der Waals surface area (Å²) < 4.78 is 31.5. The normalized spacial score (nSPS) is 14.9. The number of alkyl halides is 2. The van der Waals surface area contributed by atoms with Crippen molar-refractivity contribution in [2.75, 3.05) is 0 Å². The van der Waals surface area contributed by atoms with Gasteiger partial charge in [0.25, 0.3) is 0 Å². The predicted octanol–water partition coefficient (Wildman–Crippen LogP) is 7.80. The van der Waals surface area contributed by atoms with Crippen LogP contribution in [0.1, 0.15) is 69.4 Å². The third-order valence-corrected chi connectivity index (χ3v) is 5.92. The molecule has 0 aliphatic heterocycles. The van der Waals surface area contributed by atoms with Gasteiger partial charge in [-0.15, -0.1) is 0 Å². The van der Waals surface area contributed by atoms with Crippen molar-refractivity contribution >= 4 is 0 Å². The van der Waals surface area contributed by atoms with E-state index in [0.29, 0.717) is 5.56 Å². The zero-order chi connectivity index (χ0) is 20.8. The van der Waals surface area contributed by atoms with E-state index in [4.69, 9.17) is 0 Å².